The number of morpholine rings is 1. The molecular weight excluding hydrogens is 152 g/mol. The Balaban J connectivity index is 1.91. The zero-order valence-corrected chi connectivity index (χ0v) is 7.94. The van der Waals surface area contributed by atoms with Gasteiger partial charge in [-0.1, -0.05) is 19.8 Å². The highest BCUT2D eigenvalue weighted by Gasteiger charge is 2.10. The van der Waals surface area contributed by atoms with Gasteiger partial charge in [0.25, 0.3) is 0 Å². The highest BCUT2D eigenvalue weighted by atomic mass is 16.5. The number of hydrogen-bond donors (Lipinski definition) is 2. The van der Waals surface area contributed by atoms with Crippen molar-refractivity contribution in [2.45, 2.75) is 32.4 Å². The van der Waals surface area contributed by atoms with E-state index in [9.17, 15) is 0 Å². The van der Waals surface area contributed by atoms with Crippen LogP contribution in [0.15, 0.2) is 0 Å². The second-order valence-corrected chi connectivity index (χ2v) is 3.22. The Labute approximate surface area is 74.9 Å². The first-order chi connectivity index (χ1) is 5.93. The lowest BCUT2D eigenvalue weighted by Crippen LogP contribution is -2.47. The van der Waals surface area contributed by atoms with Crippen molar-refractivity contribution in [3.63, 3.8) is 0 Å². The van der Waals surface area contributed by atoms with Crippen LogP contribution in [0.3, 0.4) is 0 Å². The summed E-state index contributed by atoms with van der Waals surface area (Å²) in [5, 5.41) is 6.66. The van der Waals surface area contributed by atoms with E-state index in [-0.39, 0.29) is 6.23 Å². The molecule has 1 unspecified atom stereocenters. The highest BCUT2D eigenvalue weighted by Crippen LogP contribution is 1.95. The number of nitrogens with one attached hydrogen (secondary N) is 2. The van der Waals surface area contributed by atoms with Gasteiger partial charge in [-0.2, -0.15) is 0 Å². The second-order valence-electron chi connectivity index (χ2n) is 3.22. The molecule has 3 nitrogen and oxygen atoms in total. The molecule has 0 saturated carbocycles. The zero-order valence-electron chi connectivity index (χ0n) is 7.94. The van der Waals surface area contributed by atoms with E-state index in [0.717, 1.165) is 26.2 Å². The Morgan fingerprint density at radius 3 is 3.08 bits per heavy atom. The van der Waals surface area contributed by atoms with Gasteiger partial charge in [0.1, 0.15) is 6.23 Å². The van der Waals surface area contributed by atoms with Crippen molar-refractivity contribution < 1.29 is 4.74 Å². The molecule has 0 aliphatic carbocycles. The highest BCUT2D eigenvalue weighted by molar-refractivity contribution is 4.64. The van der Waals surface area contributed by atoms with E-state index in [4.69, 9.17) is 4.74 Å². The molecule has 0 aromatic carbocycles. The number of unbranched alkanes of at least 4 members (excludes halogenated alkanes) is 2. The topological polar surface area (TPSA) is 33.3 Å². The maximum atomic E-state index is 5.48. The molecule has 0 aromatic heterocycles. The van der Waals surface area contributed by atoms with Crippen molar-refractivity contribution in [2.24, 2.45) is 0 Å². The van der Waals surface area contributed by atoms with Crippen LogP contribution in [0.25, 0.3) is 0 Å². The van der Waals surface area contributed by atoms with E-state index in [1.807, 2.05) is 0 Å². The lowest BCUT2D eigenvalue weighted by molar-refractivity contribution is 0.00704. The predicted octanol–water partition coefficient (Wildman–Crippen LogP) is 0.712. The fourth-order valence-corrected chi connectivity index (χ4v) is 1.33. The summed E-state index contributed by atoms with van der Waals surface area (Å²) >= 11 is 0. The molecule has 0 spiro atoms. The van der Waals surface area contributed by atoms with Crippen LogP contribution in [0.1, 0.15) is 26.2 Å². The van der Waals surface area contributed by atoms with Crippen LogP contribution in [-0.2, 0) is 4.74 Å². The van der Waals surface area contributed by atoms with Crippen LogP contribution in [0, 0.1) is 0 Å². The quantitative estimate of drug-likeness (QED) is 0.599. The average Bonchev–Trinajstić information content (AvgIpc) is 2.14. The van der Waals surface area contributed by atoms with Gasteiger partial charge in [0.15, 0.2) is 0 Å². The van der Waals surface area contributed by atoms with Crippen molar-refractivity contribution >= 4 is 0 Å². The van der Waals surface area contributed by atoms with E-state index in [0.29, 0.717) is 0 Å². The third-order valence-corrected chi connectivity index (χ3v) is 2.08. The maximum Gasteiger partial charge on any atom is 0.120 e. The summed E-state index contributed by atoms with van der Waals surface area (Å²) in [4.78, 5) is 0. The summed E-state index contributed by atoms with van der Waals surface area (Å²) in [6.07, 6.45) is 4.10. The predicted molar refractivity (Wildman–Crippen MR) is 50.1 cm³/mol. The van der Waals surface area contributed by atoms with E-state index in [2.05, 4.69) is 17.6 Å². The monoisotopic (exact) mass is 172 g/mol. The van der Waals surface area contributed by atoms with E-state index in [1.54, 1.807) is 0 Å². The van der Waals surface area contributed by atoms with Gasteiger partial charge in [-0.25, -0.2) is 0 Å². The lowest BCUT2D eigenvalue weighted by Gasteiger charge is -2.24. The summed E-state index contributed by atoms with van der Waals surface area (Å²) in [6.45, 7) is 6.09. The molecule has 1 heterocycles. The number of ether oxygens (including phenoxy) is 1. The molecule has 1 atom stereocenters. The normalized spacial score (nSPS) is 24.2. The third-order valence-electron chi connectivity index (χ3n) is 2.08. The minimum Gasteiger partial charge on any atom is -0.361 e. The van der Waals surface area contributed by atoms with Crippen molar-refractivity contribution in [1.29, 1.82) is 0 Å². The van der Waals surface area contributed by atoms with Crippen molar-refractivity contribution in [1.82, 2.24) is 10.6 Å². The van der Waals surface area contributed by atoms with Crippen LogP contribution in [0.5, 0.6) is 0 Å². The van der Waals surface area contributed by atoms with Crippen LogP contribution < -0.4 is 10.6 Å². The molecule has 1 aliphatic heterocycles. The Bertz CT molecular complexity index is 103. The molecule has 1 saturated heterocycles. The first-order valence-corrected chi connectivity index (χ1v) is 4.99. The van der Waals surface area contributed by atoms with Crippen LogP contribution >= 0.6 is 0 Å². The van der Waals surface area contributed by atoms with Gasteiger partial charge in [0, 0.05) is 13.1 Å². The first-order valence-electron chi connectivity index (χ1n) is 4.99. The Hall–Kier alpha value is -0.120. The molecule has 0 amide bonds. The van der Waals surface area contributed by atoms with Gasteiger partial charge in [0.05, 0.1) is 6.61 Å². The second kappa shape index (κ2) is 6.40. The van der Waals surface area contributed by atoms with Gasteiger partial charge >= 0.3 is 0 Å². The van der Waals surface area contributed by atoms with E-state index in [1.165, 1.54) is 19.3 Å². The number of hydrogen-bond acceptors (Lipinski definition) is 3. The molecule has 0 aromatic rings. The zero-order chi connectivity index (χ0) is 8.65. The molecule has 0 radical (unpaired) electrons. The van der Waals surface area contributed by atoms with Gasteiger partial charge in [-0.05, 0) is 13.0 Å². The number of rotatable bonds is 5. The van der Waals surface area contributed by atoms with Crippen molar-refractivity contribution in [3.05, 3.63) is 0 Å². The lowest BCUT2D eigenvalue weighted by atomic mass is 10.2. The van der Waals surface area contributed by atoms with Gasteiger partial charge < -0.3 is 10.1 Å². The Morgan fingerprint density at radius 2 is 2.42 bits per heavy atom. The molecule has 1 rings (SSSR count). The van der Waals surface area contributed by atoms with Gasteiger partial charge in [-0.15, -0.1) is 0 Å². The SMILES string of the molecule is CCCCCNC1CNCCO1. The first kappa shape index (κ1) is 9.96. The fraction of sp³-hybridized carbons (Fsp3) is 1.00. The summed E-state index contributed by atoms with van der Waals surface area (Å²) in [6, 6.07) is 0. The largest absolute Gasteiger partial charge is 0.361 e. The standard InChI is InChI=1S/C9H20N2O/c1-2-3-4-5-11-9-8-10-6-7-12-9/h9-11H,2-8H2,1H3. The molecule has 72 valence electrons. The summed E-state index contributed by atoms with van der Waals surface area (Å²) < 4.78 is 5.48. The van der Waals surface area contributed by atoms with Crippen LogP contribution in [-0.4, -0.2) is 32.5 Å². The summed E-state index contributed by atoms with van der Waals surface area (Å²) in [7, 11) is 0. The molecular formula is C9H20N2O. The fourth-order valence-electron chi connectivity index (χ4n) is 1.33. The molecule has 1 aliphatic rings. The molecule has 0 bridgehead atoms. The Morgan fingerprint density at radius 1 is 1.50 bits per heavy atom. The summed E-state index contributed by atoms with van der Waals surface area (Å²) in [5.41, 5.74) is 0. The molecule has 2 N–H and O–H groups in total. The summed E-state index contributed by atoms with van der Waals surface area (Å²) in [5.74, 6) is 0. The van der Waals surface area contributed by atoms with Crippen LogP contribution in [0.2, 0.25) is 0 Å². The molecule has 1 fully saturated rings. The van der Waals surface area contributed by atoms with E-state index >= 15 is 0 Å². The minimum absolute atomic E-state index is 0.246. The Kier molecular flexibility index (Phi) is 5.32. The van der Waals surface area contributed by atoms with E-state index < -0.39 is 0 Å². The molecule has 3 heteroatoms. The van der Waals surface area contributed by atoms with Gasteiger partial charge in [0.2, 0.25) is 0 Å². The van der Waals surface area contributed by atoms with Crippen molar-refractivity contribution in [2.75, 3.05) is 26.2 Å². The minimum atomic E-state index is 0.246. The maximum absolute atomic E-state index is 5.48. The van der Waals surface area contributed by atoms with Gasteiger partial charge in [-0.3, -0.25) is 5.32 Å². The smallest absolute Gasteiger partial charge is 0.120 e. The van der Waals surface area contributed by atoms with Crippen LogP contribution in [0.4, 0.5) is 0 Å². The van der Waals surface area contributed by atoms with Crippen molar-refractivity contribution in [3.8, 4) is 0 Å². The average molecular weight is 172 g/mol. The molecule has 12 heavy (non-hydrogen) atoms. The third kappa shape index (κ3) is 4.04.